The van der Waals surface area contributed by atoms with Crippen molar-refractivity contribution in [1.29, 1.82) is 10.5 Å². The number of para-hydroxylation sites is 3. The van der Waals surface area contributed by atoms with Gasteiger partial charge in [-0.1, -0.05) is 78.9 Å². The van der Waals surface area contributed by atoms with Gasteiger partial charge in [0, 0.05) is 33.0 Å². The van der Waals surface area contributed by atoms with Gasteiger partial charge in [0.25, 0.3) is 0 Å². The summed E-state index contributed by atoms with van der Waals surface area (Å²) in [5, 5.41) is 24.8. The van der Waals surface area contributed by atoms with E-state index in [-0.39, 0.29) is 0 Å². The lowest BCUT2D eigenvalue weighted by molar-refractivity contribution is 1.17. The Kier molecular flexibility index (Phi) is 6.91. The van der Waals surface area contributed by atoms with Gasteiger partial charge in [-0.15, -0.1) is 0 Å². The molecule has 0 unspecified atom stereocenters. The van der Waals surface area contributed by atoms with Crippen molar-refractivity contribution in [2.45, 2.75) is 0 Å². The summed E-state index contributed by atoms with van der Waals surface area (Å²) in [5.74, 6) is 0. The second kappa shape index (κ2) is 11.9. The Morgan fingerprint density at radius 2 is 1.08 bits per heavy atom. The summed E-state index contributed by atoms with van der Waals surface area (Å²) >= 11 is 0. The Morgan fingerprint density at radius 3 is 1.73 bits per heavy atom. The van der Waals surface area contributed by atoms with E-state index in [4.69, 9.17) is 13.1 Å². The molecule has 0 N–H and O–H groups in total. The minimum atomic E-state index is 0.386. The van der Waals surface area contributed by atoms with Gasteiger partial charge in [0.15, 0.2) is 11.4 Å². The normalized spacial score (nSPS) is 11.0. The van der Waals surface area contributed by atoms with E-state index < -0.39 is 0 Å². The van der Waals surface area contributed by atoms with Crippen LogP contribution in [0.2, 0.25) is 0 Å². The lowest BCUT2D eigenvalue weighted by Gasteiger charge is -2.17. The zero-order valence-corrected chi connectivity index (χ0v) is 27.5. The van der Waals surface area contributed by atoms with Crippen molar-refractivity contribution in [3.8, 4) is 45.8 Å². The molecule has 2 aromatic heterocycles. The molecule has 52 heavy (non-hydrogen) atoms. The van der Waals surface area contributed by atoms with Gasteiger partial charge in [0.1, 0.15) is 6.07 Å². The minimum Gasteiger partial charge on any atom is -0.309 e. The fourth-order valence-electron chi connectivity index (χ4n) is 7.56. The Balaban J connectivity index is 1.37. The highest BCUT2D eigenvalue weighted by Gasteiger charge is 2.20. The summed E-state index contributed by atoms with van der Waals surface area (Å²) in [4.78, 5) is 7.52. The molecule has 0 atom stereocenters. The summed E-state index contributed by atoms with van der Waals surface area (Å²) < 4.78 is 4.33. The average molecular weight is 661 g/mol. The molecule has 0 fully saturated rings. The summed E-state index contributed by atoms with van der Waals surface area (Å²) in [7, 11) is 0. The van der Waals surface area contributed by atoms with Crippen LogP contribution in [0.5, 0.6) is 0 Å². The predicted octanol–water partition coefficient (Wildman–Crippen LogP) is 12.1. The number of nitriles is 2. The molecule has 0 radical (unpaired) electrons. The fourth-order valence-corrected chi connectivity index (χ4v) is 7.56. The maximum absolute atomic E-state index is 10.4. The number of hydrogen-bond acceptors (Lipinski definition) is 2. The third-order valence-electron chi connectivity index (χ3n) is 9.81. The monoisotopic (exact) mass is 660 g/mol. The molecular weight excluding hydrogens is 637 g/mol. The van der Waals surface area contributed by atoms with Crippen LogP contribution in [0.3, 0.4) is 0 Å². The quantitative estimate of drug-likeness (QED) is 0.176. The molecule has 0 saturated heterocycles. The van der Waals surface area contributed by atoms with Crippen LogP contribution in [0.15, 0.2) is 146 Å². The molecule has 0 saturated carbocycles. The zero-order valence-electron chi connectivity index (χ0n) is 27.5. The lowest BCUT2D eigenvalue weighted by atomic mass is 9.93. The molecule has 6 nitrogen and oxygen atoms in total. The molecule has 7 aromatic carbocycles. The summed E-state index contributed by atoms with van der Waals surface area (Å²) in [6.07, 6.45) is 0. The number of rotatable bonds is 4. The van der Waals surface area contributed by atoms with Crippen molar-refractivity contribution in [2.75, 3.05) is 0 Å². The molecule has 0 aliphatic rings. The number of hydrogen-bond donors (Lipinski definition) is 0. The first kappa shape index (κ1) is 30.2. The first-order valence-corrected chi connectivity index (χ1v) is 16.6. The van der Waals surface area contributed by atoms with Gasteiger partial charge < -0.3 is 9.13 Å². The van der Waals surface area contributed by atoms with E-state index in [9.17, 15) is 10.5 Å². The number of nitrogens with zero attached hydrogens (tertiary/aromatic N) is 6. The van der Waals surface area contributed by atoms with Crippen LogP contribution in [-0.2, 0) is 0 Å². The summed E-state index contributed by atoms with van der Waals surface area (Å²) in [6, 6.07) is 52.3. The lowest BCUT2D eigenvalue weighted by Crippen LogP contribution is -1.99. The topological polar surface area (TPSA) is 66.2 Å². The highest BCUT2D eigenvalue weighted by molar-refractivity contribution is 6.11. The number of aromatic nitrogens is 2. The highest BCUT2D eigenvalue weighted by Crippen LogP contribution is 2.41. The molecule has 0 amide bonds. The van der Waals surface area contributed by atoms with Crippen molar-refractivity contribution >= 4 is 55.0 Å². The van der Waals surface area contributed by atoms with Gasteiger partial charge in [-0.2, -0.15) is 10.5 Å². The largest absolute Gasteiger partial charge is 0.309 e. The van der Waals surface area contributed by atoms with Gasteiger partial charge in [0.2, 0.25) is 0 Å². The molecule has 238 valence electrons. The third-order valence-corrected chi connectivity index (χ3v) is 9.81. The van der Waals surface area contributed by atoms with Crippen LogP contribution in [0.4, 0.5) is 11.4 Å². The van der Waals surface area contributed by atoms with E-state index in [1.165, 1.54) is 0 Å². The second-order valence-electron chi connectivity index (χ2n) is 12.6. The van der Waals surface area contributed by atoms with Crippen LogP contribution in [0, 0.1) is 35.8 Å². The molecule has 0 bridgehead atoms. The SMILES string of the molecule is [C-]#[N+]c1ccc2c(c1)c1ccccc1n2-c1cc(-c2ccc(C#N)c(-n3c4ccccc4c4ccccc43)c2)cc(-c2c(C#N)cccc2[N+]#[C-])c1. The minimum absolute atomic E-state index is 0.386. The third kappa shape index (κ3) is 4.54. The van der Waals surface area contributed by atoms with Gasteiger partial charge >= 0.3 is 0 Å². The molecule has 9 rings (SSSR count). The van der Waals surface area contributed by atoms with Crippen LogP contribution >= 0.6 is 0 Å². The average Bonchev–Trinajstić information content (AvgIpc) is 3.72. The van der Waals surface area contributed by atoms with E-state index in [0.29, 0.717) is 28.1 Å². The van der Waals surface area contributed by atoms with E-state index in [1.807, 2.05) is 78.9 Å². The van der Waals surface area contributed by atoms with Gasteiger partial charge in [-0.05, 0) is 88.8 Å². The fraction of sp³-hybridized carbons (Fsp3) is 0. The maximum Gasteiger partial charge on any atom is 0.196 e. The van der Waals surface area contributed by atoms with Crippen molar-refractivity contribution in [1.82, 2.24) is 9.13 Å². The predicted molar refractivity (Wildman–Crippen MR) is 208 cm³/mol. The number of fused-ring (bicyclic) bond motifs is 6. The van der Waals surface area contributed by atoms with E-state index in [2.05, 4.69) is 79.5 Å². The number of benzene rings is 7. The van der Waals surface area contributed by atoms with Gasteiger partial charge in [-0.25, -0.2) is 9.69 Å². The maximum atomic E-state index is 10.4. The van der Waals surface area contributed by atoms with Gasteiger partial charge in [-0.3, -0.25) is 0 Å². The molecule has 2 heterocycles. The van der Waals surface area contributed by atoms with E-state index in [1.54, 1.807) is 18.2 Å². The molecule has 9 aromatic rings. The van der Waals surface area contributed by atoms with Crippen LogP contribution in [0.1, 0.15) is 11.1 Å². The Labute approximate surface area is 299 Å². The van der Waals surface area contributed by atoms with Crippen LogP contribution < -0.4 is 0 Å². The Morgan fingerprint density at radius 1 is 0.462 bits per heavy atom. The standard InChI is InChI=1S/C46H24N6/c1-49-34-20-21-44-39(26-34)38-13-5-6-15-41(38)51(44)35-23-32(22-33(24-35)46-31(28-48)10-9-14-40(46)50-2)29-18-19-30(27-47)45(25-29)52-42-16-7-3-11-36(42)37-12-4-8-17-43(37)52/h3-26H. The van der Waals surface area contributed by atoms with Crippen LogP contribution in [0.25, 0.3) is 86.9 Å². The first-order chi connectivity index (χ1) is 25.6. The smallest absolute Gasteiger partial charge is 0.196 e. The molecular formula is C46H24N6. The molecule has 0 aliphatic carbocycles. The van der Waals surface area contributed by atoms with Crippen LogP contribution in [-0.4, -0.2) is 9.13 Å². The second-order valence-corrected chi connectivity index (χ2v) is 12.6. The summed E-state index contributed by atoms with van der Waals surface area (Å²) in [6.45, 7) is 15.7. The molecule has 0 spiro atoms. The van der Waals surface area contributed by atoms with Crippen molar-refractivity contribution < 1.29 is 0 Å². The van der Waals surface area contributed by atoms with Gasteiger partial charge in [0.05, 0.1) is 52.5 Å². The van der Waals surface area contributed by atoms with E-state index >= 15 is 0 Å². The van der Waals surface area contributed by atoms with E-state index in [0.717, 1.165) is 71.7 Å². The highest BCUT2D eigenvalue weighted by atomic mass is 15.0. The van der Waals surface area contributed by atoms with Crippen molar-refractivity contribution in [2.24, 2.45) is 0 Å². The molecule has 6 heteroatoms. The summed E-state index contributed by atoms with van der Waals surface area (Å²) in [5.41, 5.74) is 10.4. The first-order valence-electron chi connectivity index (χ1n) is 16.6. The molecule has 0 aliphatic heterocycles. The van der Waals surface area contributed by atoms with Crippen molar-refractivity contribution in [3.63, 3.8) is 0 Å². The Bertz CT molecular complexity index is 3040. The Hall–Kier alpha value is -7.90. The zero-order chi connectivity index (χ0) is 35.3. The van der Waals surface area contributed by atoms with Crippen molar-refractivity contribution in [3.05, 3.63) is 180 Å².